The van der Waals surface area contributed by atoms with E-state index in [2.05, 4.69) is 16.4 Å². The molecule has 0 unspecified atom stereocenters. The SMILES string of the molecule is CC(C)(C#N)CCCNCc1csc(=O)[nH]1. The molecule has 2 N–H and O–H groups in total. The van der Waals surface area contributed by atoms with E-state index in [0.29, 0.717) is 6.54 Å². The van der Waals surface area contributed by atoms with E-state index in [1.54, 1.807) is 0 Å². The first-order chi connectivity index (χ1) is 7.53. The van der Waals surface area contributed by atoms with Crippen LogP contribution in [0.3, 0.4) is 0 Å². The molecule has 1 rings (SSSR count). The zero-order valence-corrected chi connectivity index (χ0v) is 10.5. The molecule has 1 aromatic rings. The molecule has 88 valence electrons. The topological polar surface area (TPSA) is 68.7 Å². The summed E-state index contributed by atoms with van der Waals surface area (Å²) >= 11 is 1.18. The highest BCUT2D eigenvalue weighted by atomic mass is 32.1. The third kappa shape index (κ3) is 4.60. The van der Waals surface area contributed by atoms with Crippen molar-refractivity contribution in [1.82, 2.24) is 10.3 Å². The summed E-state index contributed by atoms with van der Waals surface area (Å²) in [6.45, 7) is 5.45. The average Bonchev–Trinajstić information content (AvgIpc) is 2.64. The predicted molar refractivity (Wildman–Crippen MR) is 65.3 cm³/mol. The van der Waals surface area contributed by atoms with Crippen LogP contribution < -0.4 is 10.2 Å². The molecule has 0 spiro atoms. The van der Waals surface area contributed by atoms with Gasteiger partial charge in [0.25, 0.3) is 0 Å². The van der Waals surface area contributed by atoms with Crippen molar-refractivity contribution < 1.29 is 0 Å². The molecule has 4 nitrogen and oxygen atoms in total. The Morgan fingerprint density at radius 1 is 1.62 bits per heavy atom. The molecule has 1 aromatic heterocycles. The van der Waals surface area contributed by atoms with Crippen LogP contribution in [0.4, 0.5) is 0 Å². The number of hydrogen-bond donors (Lipinski definition) is 2. The van der Waals surface area contributed by atoms with E-state index in [-0.39, 0.29) is 10.3 Å². The molecule has 1 heterocycles. The molecule has 0 radical (unpaired) electrons. The highest BCUT2D eigenvalue weighted by Crippen LogP contribution is 2.19. The van der Waals surface area contributed by atoms with Gasteiger partial charge in [0.1, 0.15) is 0 Å². The molecule has 0 saturated carbocycles. The second kappa shape index (κ2) is 5.83. The standard InChI is InChI=1S/C11H17N3OS/c1-11(2,8-12)4-3-5-13-6-9-7-16-10(15)14-9/h7,13H,3-6H2,1-2H3,(H,14,15). The molecular weight excluding hydrogens is 222 g/mol. The molecule has 0 bridgehead atoms. The number of nitrogens with one attached hydrogen (secondary N) is 2. The molecule has 16 heavy (non-hydrogen) atoms. The van der Waals surface area contributed by atoms with Gasteiger partial charge in [0.15, 0.2) is 0 Å². The van der Waals surface area contributed by atoms with Gasteiger partial charge in [-0.25, -0.2) is 0 Å². The lowest BCUT2D eigenvalue weighted by Gasteiger charge is -2.14. The molecule has 0 aliphatic carbocycles. The van der Waals surface area contributed by atoms with Crippen LogP contribution in [-0.2, 0) is 6.54 Å². The molecule has 0 atom stereocenters. The lowest BCUT2D eigenvalue weighted by atomic mass is 9.90. The summed E-state index contributed by atoms with van der Waals surface area (Å²) in [5.41, 5.74) is 0.688. The number of aromatic amines is 1. The fourth-order valence-corrected chi connectivity index (χ4v) is 1.92. The second-order valence-electron chi connectivity index (χ2n) is 4.45. The summed E-state index contributed by atoms with van der Waals surface area (Å²) < 4.78 is 0. The number of rotatable bonds is 6. The zero-order valence-electron chi connectivity index (χ0n) is 9.67. The third-order valence-corrected chi connectivity index (χ3v) is 3.06. The molecule has 0 fully saturated rings. The number of hydrogen-bond acceptors (Lipinski definition) is 4. The van der Waals surface area contributed by atoms with E-state index in [1.807, 2.05) is 19.2 Å². The summed E-state index contributed by atoms with van der Waals surface area (Å²) in [5.74, 6) is 0. The quantitative estimate of drug-likeness (QED) is 0.744. The number of H-pyrrole nitrogens is 1. The van der Waals surface area contributed by atoms with Crippen molar-refractivity contribution in [2.75, 3.05) is 6.54 Å². The van der Waals surface area contributed by atoms with Gasteiger partial charge in [0.2, 0.25) is 0 Å². The Kier molecular flexibility index (Phi) is 4.71. The Morgan fingerprint density at radius 3 is 2.94 bits per heavy atom. The van der Waals surface area contributed by atoms with Gasteiger partial charge in [-0.1, -0.05) is 11.3 Å². The van der Waals surface area contributed by atoms with Gasteiger partial charge in [0, 0.05) is 17.6 Å². The minimum absolute atomic E-state index is 0.0117. The van der Waals surface area contributed by atoms with Gasteiger partial charge in [-0.05, 0) is 33.2 Å². The predicted octanol–water partition coefficient (Wildman–Crippen LogP) is 1.86. The number of aromatic nitrogens is 1. The van der Waals surface area contributed by atoms with Gasteiger partial charge in [-0.2, -0.15) is 5.26 Å². The zero-order chi connectivity index (χ0) is 12.0. The largest absolute Gasteiger partial charge is 0.315 e. The van der Waals surface area contributed by atoms with Crippen molar-refractivity contribution >= 4 is 11.3 Å². The summed E-state index contributed by atoms with van der Waals surface area (Å²) in [5, 5.41) is 13.9. The molecule has 0 aromatic carbocycles. The first-order valence-corrected chi connectivity index (χ1v) is 6.20. The van der Waals surface area contributed by atoms with Gasteiger partial charge < -0.3 is 10.3 Å². The van der Waals surface area contributed by atoms with E-state index in [4.69, 9.17) is 5.26 Å². The summed E-state index contributed by atoms with van der Waals surface area (Å²) in [7, 11) is 0. The normalized spacial score (nSPS) is 11.3. The maximum Gasteiger partial charge on any atom is 0.304 e. The van der Waals surface area contributed by atoms with Crippen LogP contribution in [0.2, 0.25) is 0 Å². The van der Waals surface area contributed by atoms with E-state index in [9.17, 15) is 4.79 Å². The lowest BCUT2D eigenvalue weighted by Crippen LogP contribution is -2.18. The van der Waals surface area contributed by atoms with Gasteiger partial charge in [-0.3, -0.25) is 4.79 Å². The second-order valence-corrected chi connectivity index (χ2v) is 5.29. The maximum atomic E-state index is 10.8. The van der Waals surface area contributed by atoms with Crippen LogP contribution in [0, 0.1) is 16.7 Å². The lowest BCUT2D eigenvalue weighted by molar-refractivity contribution is 0.425. The van der Waals surface area contributed by atoms with E-state index < -0.39 is 0 Å². The number of nitrogens with zero attached hydrogens (tertiary/aromatic N) is 1. The molecule has 0 aliphatic heterocycles. The average molecular weight is 239 g/mol. The van der Waals surface area contributed by atoms with Crippen molar-refractivity contribution in [3.8, 4) is 6.07 Å². The van der Waals surface area contributed by atoms with Crippen LogP contribution in [0.1, 0.15) is 32.4 Å². The highest BCUT2D eigenvalue weighted by molar-refractivity contribution is 7.07. The Labute approximate surface area is 99.3 Å². The van der Waals surface area contributed by atoms with Crippen LogP contribution in [-0.4, -0.2) is 11.5 Å². The Bertz CT molecular complexity index is 413. The summed E-state index contributed by atoms with van der Waals surface area (Å²) in [6, 6.07) is 2.28. The monoisotopic (exact) mass is 239 g/mol. The highest BCUT2D eigenvalue weighted by Gasteiger charge is 2.15. The maximum absolute atomic E-state index is 10.8. The molecular formula is C11H17N3OS. The summed E-state index contributed by atoms with van der Waals surface area (Å²) in [4.78, 5) is 13.6. The summed E-state index contributed by atoms with van der Waals surface area (Å²) in [6.07, 6.45) is 1.85. The Balaban J connectivity index is 2.14. The van der Waals surface area contributed by atoms with Gasteiger partial charge >= 0.3 is 4.87 Å². The number of thiazole rings is 1. The van der Waals surface area contributed by atoms with Gasteiger partial charge in [-0.15, -0.1) is 0 Å². The van der Waals surface area contributed by atoms with Crippen molar-refractivity contribution in [3.05, 3.63) is 20.7 Å². The Morgan fingerprint density at radius 2 is 2.38 bits per heavy atom. The Hall–Kier alpha value is -1.12. The smallest absolute Gasteiger partial charge is 0.304 e. The van der Waals surface area contributed by atoms with Crippen molar-refractivity contribution in [3.63, 3.8) is 0 Å². The van der Waals surface area contributed by atoms with Crippen molar-refractivity contribution in [2.45, 2.75) is 33.2 Å². The third-order valence-electron chi connectivity index (χ3n) is 2.34. The van der Waals surface area contributed by atoms with E-state index >= 15 is 0 Å². The minimum atomic E-state index is -0.238. The van der Waals surface area contributed by atoms with E-state index in [1.165, 1.54) is 11.3 Å². The first kappa shape index (κ1) is 12.9. The first-order valence-electron chi connectivity index (χ1n) is 5.32. The molecule has 0 saturated heterocycles. The van der Waals surface area contributed by atoms with Crippen LogP contribution >= 0.6 is 11.3 Å². The van der Waals surface area contributed by atoms with Crippen molar-refractivity contribution in [1.29, 1.82) is 5.26 Å². The van der Waals surface area contributed by atoms with Crippen LogP contribution in [0.25, 0.3) is 0 Å². The molecule has 5 heteroatoms. The van der Waals surface area contributed by atoms with Crippen LogP contribution in [0.15, 0.2) is 10.2 Å². The van der Waals surface area contributed by atoms with Crippen molar-refractivity contribution in [2.24, 2.45) is 5.41 Å². The number of nitriles is 1. The molecule has 0 aliphatic rings. The fourth-order valence-electron chi connectivity index (χ4n) is 1.33. The molecule has 0 amide bonds. The fraction of sp³-hybridized carbons (Fsp3) is 0.636. The minimum Gasteiger partial charge on any atom is -0.315 e. The van der Waals surface area contributed by atoms with E-state index in [0.717, 1.165) is 25.1 Å². The van der Waals surface area contributed by atoms with Crippen LogP contribution in [0.5, 0.6) is 0 Å². The van der Waals surface area contributed by atoms with Gasteiger partial charge in [0.05, 0.1) is 11.5 Å².